The van der Waals surface area contributed by atoms with Crippen LogP contribution in [0, 0.1) is 0 Å². The molecule has 1 saturated heterocycles. The fourth-order valence-corrected chi connectivity index (χ4v) is 4.01. The van der Waals surface area contributed by atoms with E-state index in [1.165, 1.54) is 0 Å². The third kappa shape index (κ3) is 3.79. The van der Waals surface area contributed by atoms with Gasteiger partial charge >= 0.3 is 11.9 Å². The van der Waals surface area contributed by atoms with E-state index in [1.807, 2.05) is 47.4 Å². The molecule has 0 spiro atoms. The van der Waals surface area contributed by atoms with Gasteiger partial charge < -0.3 is 19.7 Å². The van der Waals surface area contributed by atoms with Gasteiger partial charge in [0.1, 0.15) is 18.4 Å². The molecule has 3 aromatic rings. The van der Waals surface area contributed by atoms with Crippen LogP contribution in [0.25, 0.3) is 10.9 Å². The predicted molar refractivity (Wildman–Crippen MR) is 108 cm³/mol. The smallest absolute Gasteiger partial charge is 0.325 e. The van der Waals surface area contributed by atoms with Crippen LogP contribution in [0.2, 0.25) is 0 Å². The van der Waals surface area contributed by atoms with E-state index in [1.54, 1.807) is 17.0 Å². The normalized spacial score (nSPS) is 16.1. The number of hydrogen-bond acceptors (Lipinski definition) is 5. The molecule has 1 fully saturated rings. The number of aromatic nitrogens is 2. The lowest BCUT2D eigenvalue weighted by Gasteiger charge is -2.38. The highest BCUT2D eigenvalue weighted by molar-refractivity contribution is 5.90. The minimum Gasteiger partial charge on any atom is -0.480 e. The third-order valence-corrected chi connectivity index (χ3v) is 5.31. The van der Waals surface area contributed by atoms with E-state index in [4.69, 9.17) is 0 Å². The van der Waals surface area contributed by atoms with Gasteiger partial charge in [0.05, 0.1) is 0 Å². The summed E-state index contributed by atoms with van der Waals surface area (Å²) in [5.41, 5.74) is 1.35. The monoisotopic (exact) mass is 394 g/mol. The van der Waals surface area contributed by atoms with E-state index in [0.717, 1.165) is 16.7 Å². The first-order valence-corrected chi connectivity index (χ1v) is 9.47. The molecule has 0 radical (unpaired) electrons. The van der Waals surface area contributed by atoms with Crippen LogP contribution in [0.4, 0.5) is 5.82 Å². The highest BCUT2D eigenvalue weighted by Gasteiger charge is 2.33. The first-order chi connectivity index (χ1) is 14.0. The number of nitrogens with zero attached hydrogens (tertiary/aromatic N) is 4. The second kappa shape index (κ2) is 7.92. The number of carboxylic acid groups (broad SMARTS) is 2. The summed E-state index contributed by atoms with van der Waals surface area (Å²) in [5.74, 6) is -1.01. The summed E-state index contributed by atoms with van der Waals surface area (Å²) >= 11 is 0. The van der Waals surface area contributed by atoms with Gasteiger partial charge in [0.2, 0.25) is 0 Å². The zero-order chi connectivity index (χ0) is 20.4. The van der Waals surface area contributed by atoms with E-state index in [-0.39, 0.29) is 6.54 Å². The van der Waals surface area contributed by atoms with Crippen molar-refractivity contribution in [3.8, 4) is 0 Å². The summed E-state index contributed by atoms with van der Waals surface area (Å²) in [4.78, 5) is 31.9. The summed E-state index contributed by atoms with van der Waals surface area (Å²) in [6.07, 6.45) is 3.42. The van der Waals surface area contributed by atoms with Gasteiger partial charge in [-0.25, -0.2) is 4.98 Å². The molecule has 1 unspecified atom stereocenters. The Bertz CT molecular complexity index is 1030. The minimum atomic E-state index is -0.965. The van der Waals surface area contributed by atoms with Crippen molar-refractivity contribution in [1.29, 1.82) is 0 Å². The van der Waals surface area contributed by atoms with Gasteiger partial charge in [-0.15, -0.1) is 0 Å². The molecule has 0 saturated carbocycles. The molecule has 8 heteroatoms. The largest absolute Gasteiger partial charge is 0.480 e. The van der Waals surface area contributed by atoms with Crippen LogP contribution in [0.15, 0.2) is 54.9 Å². The summed E-state index contributed by atoms with van der Waals surface area (Å²) < 4.78 is 1.60. The molecular formula is C21H22N4O4. The first kappa shape index (κ1) is 18.9. The van der Waals surface area contributed by atoms with Crippen molar-refractivity contribution in [3.05, 3.63) is 60.4 Å². The fourth-order valence-electron chi connectivity index (χ4n) is 4.01. The highest BCUT2D eigenvalue weighted by atomic mass is 16.4. The second-order valence-corrected chi connectivity index (χ2v) is 7.07. The lowest BCUT2D eigenvalue weighted by Crippen LogP contribution is -2.49. The van der Waals surface area contributed by atoms with E-state index < -0.39 is 18.0 Å². The second-order valence-electron chi connectivity index (χ2n) is 7.07. The maximum absolute atomic E-state index is 12.2. The number of rotatable bonds is 6. The maximum atomic E-state index is 12.2. The fraction of sp³-hybridized carbons (Fsp3) is 0.286. The van der Waals surface area contributed by atoms with Crippen LogP contribution in [0.3, 0.4) is 0 Å². The van der Waals surface area contributed by atoms with Gasteiger partial charge in [0, 0.05) is 55.0 Å². The summed E-state index contributed by atoms with van der Waals surface area (Å²) in [7, 11) is 0. The van der Waals surface area contributed by atoms with Crippen LogP contribution in [0.5, 0.6) is 0 Å². The molecule has 150 valence electrons. The number of hydrogen-bond donors (Lipinski definition) is 2. The molecular weight excluding hydrogens is 372 g/mol. The molecule has 1 atom stereocenters. The van der Waals surface area contributed by atoms with Crippen molar-refractivity contribution in [2.24, 2.45) is 0 Å². The third-order valence-electron chi connectivity index (χ3n) is 5.31. The Labute approximate surface area is 167 Å². The van der Waals surface area contributed by atoms with Crippen LogP contribution in [-0.4, -0.2) is 62.8 Å². The van der Waals surface area contributed by atoms with E-state index >= 15 is 0 Å². The van der Waals surface area contributed by atoms with E-state index in [9.17, 15) is 19.8 Å². The molecule has 1 aliphatic rings. The van der Waals surface area contributed by atoms with Gasteiger partial charge in [0.25, 0.3) is 0 Å². The topological polar surface area (TPSA) is 98.9 Å². The average Bonchev–Trinajstić information content (AvgIpc) is 3.07. The molecule has 1 aromatic carbocycles. The predicted octanol–water partition coefficient (Wildman–Crippen LogP) is 2.07. The van der Waals surface area contributed by atoms with Gasteiger partial charge in [-0.05, 0) is 18.2 Å². The standard InChI is InChI=1S/C21H22N4O4/c26-19(27)14-25-13-16(15-5-1-2-6-17(15)25)20(21(28)29)24-11-9-23(10-12-24)18-7-3-4-8-22-18/h1-8,13,20H,9-12,14H2,(H,26,27)(H,28,29). The van der Waals surface area contributed by atoms with E-state index in [2.05, 4.69) is 9.88 Å². The molecule has 8 nitrogen and oxygen atoms in total. The number of carbonyl (C=O) groups is 2. The van der Waals surface area contributed by atoms with Gasteiger partial charge in [-0.2, -0.15) is 0 Å². The molecule has 0 bridgehead atoms. The Hall–Kier alpha value is -3.39. The van der Waals surface area contributed by atoms with Crippen molar-refractivity contribution in [3.63, 3.8) is 0 Å². The Morgan fingerprint density at radius 1 is 1.00 bits per heavy atom. The van der Waals surface area contributed by atoms with Crippen LogP contribution in [-0.2, 0) is 16.1 Å². The molecule has 3 heterocycles. The SMILES string of the molecule is O=C(O)Cn1cc(C(C(=O)O)N2CCN(c3ccccn3)CC2)c2ccccc21. The Morgan fingerprint density at radius 2 is 1.72 bits per heavy atom. The number of para-hydroxylation sites is 1. The Morgan fingerprint density at radius 3 is 2.38 bits per heavy atom. The molecule has 29 heavy (non-hydrogen) atoms. The maximum Gasteiger partial charge on any atom is 0.325 e. The molecule has 4 rings (SSSR count). The van der Waals surface area contributed by atoms with Gasteiger partial charge in [-0.1, -0.05) is 24.3 Å². The highest BCUT2D eigenvalue weighted by Crippen LogP contribution is 2.31. The molecule has 2 aromatic heterocycles. The number of aliphatic carboxylic acids is 2. The lowest BCUT2D eigenvalue weighted by molar-refractivity contribution is -0.143. The summed E-state index contributed by atoms with van der Waals surface area (Å²) in [6.45, 7) is 2.29. The van der Waals surface area contributed by atoms with Crippen molar-refractivity contribution in [2.75, 3.05) is 31.1 Å². The number of benzene rings is 1. The van der Waals surface area contributed by atoms with Crippen LogP contribution < -0.4 is 4.90 Å². The lowest BCUT2D eigenvalue weighted by atomic mass is 10.0. The van der Waals surface area contributed by atoms with Gasteiger partial charge in [-0.3, -0.25) is 14.5 Å². The van der Waals surface area contributed by atoms with Gasteiger partial charge in [0.15, 0.2) is 0 Å². The molecule has 2 N–H and O–H groups in total. The number of piperazine rings is 1. The van der Waals surface area contributed by atoms with Crippen LogP contribution >= 0.6 is 0 Å². The number of pyridine rings is 1. The Kier molecular flexibility index (Phi) is 5.18. The number of anilines is 1. The summed E-state index contributed by atoms with van der Waals surface area (Å²) in [5, 5.41) is 20.0. The van der Waals surface area contributed by atoms with Crippen molar-refractivity contribution < 1.29 is 19.8 Å². The zero-order valence-corrected chi connectivity index (χ0v) is 15.8. The Balaban J connectivity index is 1.62. The average molecular weight is 394 g/mol. The van der Waals surface area contributed by atoms with Crippen molar-refractivity contribution >= 4 is 28.7 Å². The number of fused-ring (bicyclic) bond motifs is 1. The molecule has 0 aliphatic carbocycles. The molecule has 0 amide bonds. The van der Waals surface area contributed by atoms with Crippen molar-refractivity contribution in [1.82, 2.24) is 14.5 Å². The number of carboxylic acids is 2. The van der Waals surface area contributed by atoms with Crippen molar-refractivity contribution in [2.45, 2.75) is 12.6 Å². The van der Waals surface area contributed by atoms with Crippen LogP contribution in [0.1, 0.15) is 11.6 Å². The van der Waals surface area contributed by atoms with E-state index in [0.29, 0.717) is 31.7 Å². The zero-order valence-electron chi connectivity index (χ0n) is 15.8. The summed E-state index contributed by atoms with van der Waals surface area (Å²) in [6, 6.07) is 12.3. The molecule has 1 aliphatic heterocycles. The quantitative estimate of drug-likeness (QED) is 0.660. The first-order valence-electron chi connectivity index (χ1n) is 9.47. The minimum absolute atomic E-state index is 0.208.